The summed E-state index contributed by atoms with van der Waals surface area (Å²) in [6, 6.07) is 0. The van der Waals surface area contributed by atoms with Crippen LogP contribution in [0.3, 0.4) is 0 Å². The van der Waals surface area contributed by atoms with E-state index in [1.807, 2.05) is 0 Å². The maximum absolute atomic E-state index is 10.3. The molecule has 1 aliphatic rings. The van der Waals surface area contributed by atoms with E-state index >= 15 is 0 Å². The van der Waals surface area contributed by atoms with Gasteiger partial charge in [0.2, 0.25) is 0 Å². The summed E-state index contributed by atoms with van der Waals surface area (Å²) in [6.45, 7) is 0. The number of allylic oxidation sites excluding steroid dienone is 1. The van der Waals surface area contributed by atoms with Gasteiger partial charge in [-0.3, -0.25) is 4.79 Å². The molecule has 0 bridgehead atoms. The second-order valence-corrected chi connectivity index (χ2v) is 2.21. The van der Waals surface area contributed by atoms with E-state index in [-0.39, 0.29) is 5.92 Å². The van der Waals surface area contributed by atoms with Gasteiger partial charge in [-0.2, -0.15) is 0 Å². The number of carboxylic acids is 1. The molecule has 0 aliphatic heterocycles. The summed E-state index contributed by atoms with van der Waals surface area (Å²) in [5, 5.41) is 8.47. The summed E-state index contributed by atoms with van der Waals surface area (Å²) in [6.07, 6.45) is 7.24. The van der Waals surface area contributed by atoms with Crippen LogP contribution in [0.15, 0.2) is 6.08 Å². The van der Waals surface area contributed by atoms with Crippen LogP contribution in [0, 0.1) is 12.0 Å². The monoisotopic (exact) mass is 125 g/mol. The summed E-state index contributed by atoms with van der Waals surface area (Å²) >= 11 is 0. The van der Waals surface area contributed by atoms with Crippen molar-refractivity contribution < 1.29 is 9.90 Å². The number of aliphatic carboxylic acids is 1. The molecule has 1 rings (SSSR count). The first-order chi connectivity index (χ1) is 4.30. The molecule has 0 saturated heterocycles. The van der Waals surface area contributed by atoms with Gasteiger partial charge in [0.1, 0.15) is 0 Å². The minimum absolute atomic E-state index is 0.265. The molecule has 0 fully saturated rings. The zero-order chi connectivity index (χ0) is 6.69. The Bertz CT molecular complexity index is 138. The van der Waals surface area contributed by atoms with Gasteiger partial charge in [0.05, 0.1) is 5.92 Å². The first-order valence-electron chi connectivity index (χ1n) is 3.10. The lowest BCUT2D eigenvalue weighted by Gasteiger charge is -2.09. The number of rotatable bonds is 1. The van der Waals surface area contributed by atoms with Gasteiger partial charge in [-0.1, -0.05) is 6.08 Å². The van der Waals surface area contributed by atoms with E-state index in [1.54, 1.807) is 6.08 Å². The van der Waals surface area contributed by atoms with E-state index in [4.69, 9.17) is 5.11 Å². The van der Waals surface area contributed by atoms with Crippen molar-refractivity contribution in [1.29, 1.82) is 0 Å². The third-order valence-corrected chi connectivity index (χ3v) is 1.47. The van der Waals surface area contributed by atoms with Crippen LogP contribution in [0.4, 0.5) is 0 Å². The van der Waals surface area contributed by atoms with Gasteiger partial charge >= 0.3 is 5.97 Å². The fourth-order valence-electron chi connectivity index (χ4n) is 0.928. The zero-order valence-corrected chi connectivity index (χ0v) is 5.13. The Labute approximate surface area is 54.2 Å². The maximum Gasteiger partial charge on any atom is 0.310 e. The van der Waals surface area contributed by atoms with Crippen molar-refractivity contribution in [3.8, 4) is 0 Å². The smallest absolute Gasteiger partial charge is 0.310 e. The first-order valence-corrected chi connectivity index (χ1v) is 3.10. The van der Waals surface area contributed by atoms with E-state index < -0.39 is 5.97 Å². The number of hydrogen-bond donors (Lipinski definition) is 1. The third kappa shape index (κ3) is 1.56. The Morgan fingerprint density at radius 2 is 2.56 bits per heavy atom. The molecule has 9 heavy (non-hydrogen) atoms. The molecule has 1 aliphatic carbocycles. The topological polar surface area (TPSA) is 37.3 Å². The molecule has 1 N–H and O–H groups in total. The van der Waals surface area contributed by atoms with Gasteiger partial charge < -0.3 is 5.11 Å². The average Bonchev–Trinajstić information content (AvgIpc) is 1.90. The largest absolute Gasteiger partial charge is 0.481 e. The van der Waals surface area contributed by atoms with Gasteiger partial charge in [-0.15, -0.1) is 0 Å². The van der Waals surface area contributed by atoms with Crippen LogP contribution in [0.2, 0.25) is 0 Å². The standard InChI is InChI=1S/C7H9O2/c8-7(9)6-4-2-1-3-5-6/h5-6H,1-2,4H2,(H,8,9). The minimum atomic E-state index is -0.720. The Morgan fingerprint density at radius 1 is 1.78 bits per heavy atom. The molecule has 1 radical (unpaired) electrons. The Balaban J connectivity index is 2.50. The van der Waals surface area contributed by atoms with Crippen LogP contribution in [0.25, 0.3) is 0 Å². The molecule has 1 unspecified atom stereocenters. The molecule has 0 spiro atoms. The predicted molar refractivity (Wildman–Crippen MR) is 32.8 cm³/mol. The Morgan fingerprint density at radius 3 is 2.89 bits per heavy atom. The fourth-order valence-corrected chi connectivity index (χ4v) is 0.928. The zero-order valence-electron chi connectivity index (χ0n) is 5.13. The van der Waals surface area contributed by atoms with E-state index in [2.05, 4.69) is 6.08 Å². The highest BCUT2D eigenvalue weighted by atomic mass is 16.4. The quantitative estimate of drug-likeness (QED) is 0.572. The maximum atomic E-state index is 10.3. The summed E-state index contributed by atoms with van der Waals surface area (Å²) in [5.74, 6) is -0.985. The third-order valence-electron chi connectivity index (χ3n) is 1.47. The summed E-state index contributed by atoms with van der Waals surface area (Å²) < 4.78 is 0. The molecule has 2 heteroatoms. The molecule has 2 nitrogen and oxygen atoms in total. The van der Waals surface area contributed by atoms with E-state index in [0.29, 0.717) is 0 Å². The highest BCUT2D eigenvalue weighted by Gasteiger charge is 2.14. The summed E-state index contributed by atoms with van der Waals surface area (Å²) in [4.78, 5) is 10.3. The average molecular weight is 125 g/mol. The van der Waals surface area contributed by atoms with Gasteiger partial charge in [0.25, 0.3) is 0 Å². The van der Waals surface area contributed by atoms with Gasteiger partial charge in [-0.05, 0) is 25.3 Å². The Kier molecular flexibility index (Phi) is 1.88. The van der Waals surface area contributed by atoms with Gasteiger partial charge in [0, 0.05) is 0 Å². The normalized spacial score (nSPS) is 26.0. The number of carboxylic acid groups (broad SMARTS) is 1. The van der Waals surface area contributed by atoms with Crippen molar-refractivity contribution in [1.82, 2.24) is 0 Å². The minimum Gasteiger partial charge on any atom is -0.481 e. The van der Waals surface area contributed by atoms with Crippen LogP contribution in [-0.2, 0) is 4.79 Å². The van der Waals surface area contributed by atoms with E-state index in [9.17, 15) is 4.79 Å². The lowest BCUT2D eigenvalue weighted by molar-refractivity contribution is -0.140. The molecule has 1 atom stereocenters. The molecule has 0 aromatic rings. The van der Waals surface area contributed by atoms with Crippen molar-refractivity contribution in [2.45, 2.75) is 19.3 Å². The Hall–Kier alpha value is -0.790. The second kappa shape index (κ2) is 2.67. The molecule has 0 amide bonds. The molecule has 0 aromatic heterocycles. The summed E-state index contributed by atoms with van der Waals surface area (Å²) in [5.41, 5.74) is 0. The number of hydrogen-bond acceptors (Lipinski definition) is 1. The van der Waals surface area contributed by atoms with Crippen molar-refractivity contribution in [2.75, 3.05) is 0 Å². The second-order valence-electron chi connectivity index (χ2n) is 2.21. The van der Waals surface area contributed by atoms with Crippen molar-refractivity contribution >= 4 is 5.97 Å². The van der Waals surface area contributed by atoms with Crippen LogP contribution in [0.1, 0.15) is 19.3 Å². The highest BCUT2D eigenvalue weighted by Crippen LogP contribution is 2.15. The first kappa shape index (κ1) is 6.33. The van der Waals surface area contributed by atoms with E-state index in [0.717, 1.165) is 19.3 Å². The van der Waals surface area contributed by atoms with Crippen LogP contribution >= 0.6 is 0 Å². The molecule has 0 aromatic carbocycles. The SMILES string of the molecule is O=C(O)C1C=[C]CCC1. The van der Waals surface area contributed by atoms with Crippen LogP contribution in [-0.4, -0.2) is 11.1 Å². The molecule has 0 heterocycles. The van der Waals surface area contributed by atoms with Crippen LogP contribution in [0.5, 0.6) is 0 Å². The molecule has 49 valence electrons. The van der Waals surface area contributed by atoms with E-state index in [1.165, 1.54) is 0 Å². The molecular weight excluding hydrogens is 116 g/mol. The van der Waals surface area contributed by atoms with Crippen molar-refractivity contribution in [2.24, 2.45) is 5.92 Å². The van der Waals surface area contributed by atoms with Gasteiger partial charge in [0.15, 0.2) is 0 Å². The number of carbonyl (C=O) groups is 1. The highest BCUT2D eigenvalue weighted by molar-refractivity contribution is 5.72. The molecule has 0 saturated carbocycles. The summed E-state index contributed by atoms with van der Waals surface area (Å²) in [7, 11) is 0. The van der Waals surface area contributed by atoms with Gasteiger partial charge in [-0.25, -0.2) is 0 Å². The van der Waals surface area contributed by atoms with Crippen molar-refractivity contribution in [3.63, 3.8) is 0 Å². The van der Waals surface area contributed by atoms with Crippen molar-refractivity contribution in [3.05, 3.63) is 12.2 Å². The molecular formula is C7H9O2. The fraction of sp³-hybridized carbons (Fsp3) is 0.571. The predicted octanol–water partition coefficient (Wildman–Crippen LogP) is 1.23. The van der Waals surface area contributed by atoms with Crippen LogP contribution < -0.4 is 0 Å². The lowest BCUT2D eigenvalue weighted by atomic mass is 9.96. The lowest BCUT2D eigenvalue weighted by Crippen LogP contribution is -2.12.